The van der Waals surface area contributed by atoms with Gasteiger partial charge in [0.05, 0.1) is 0 Å². The molecule has 174 valence electrons. The number of benzene rings is 2. The molecule has 1 fully saturated rings. The highest BCUT2D eigenvalue weighted by Gasteiger charge is 2.33. The highest BCUT2D eigenvalue weighted by molar-refractivity contribution is 5.91. The first kappa shape index (κ1) is 24.1. The monoisotopic (exact) mass is 442 g/mol. The van der Waals surface area contributed by atoms with E-state index in [1.807, 2.05) is 44.2 Å². The van der Waals surface area contributed by atoms with Crippen LogP contribution in [0.4, 0.5) is 14.9 Å². The van der Waals surface area contributed by atoms with Gasteiger partial charge in [-0.2, -0.15) is 0 Å². The molecule has 0 saturated carbocycles. The Balaban J connectivity index is 1.68. The number of ether oxygens (including phenoxy) is 2. The van der Waals surface area contributed by atoms with Crippen LogP contribution >= 0.6 is 0 Å². The molecule has 5 nitrogen and oxygen atoms in total. The van der Waals surface area contributed by atoms with E-state index in [-0.39, 0.29) is 17.3 Å². The molecule has 0 N–H and O–H groups in total. The second kappa shape index (κ2) is 10.8. The van der Waals surface area contributed by atoms with Crippen LogP contribution in [-0.4, -0.2) is 44.3 Å². The molecule has 3 rings (SSSR count). The number of rotatable bonds is 8. The van der Waals surface area contributed by atoms with E-state index < -0.39 is 0 Å². The lowest BCUT2D eigenvalue weighted by molar-refractivity contribution is 0.0483. The Kier molecular flexibility index (Phi) is 8.13. The number of nitrogens with zero attached hydrogens (tertiary/aromatic N) is 2. The third-order valence-electron chi connectivity index (χ3n) is 6.66. The second-order valence-corrected chi connectivity index (χ2v) is 8.39. The number of carbonyl (C=O) groups excluding carboxylic acids is 1. The van der Waals surface area contributed by atoms with Gasteiger partial charge in [0.25, 0.3) is 0 Å². The third-order valence-corrected chi connectivity index (χ3v) is 6.66. The first-order valence-corrected chi connectivity index (χ1v) is 11.6. The highest BCUT2D eigenvalue weighted by atomic mass is 19.1. The van der Waals surface area contributed by atoms with Crippen LogP contribution in [0.25, 0.3) is 0 Å². The molecule has 2 aromatic carbocycles. The molecule has 1 aliphatic rings. The number of amides is 2. The zero-order valence-corrected chi connectivity index (χ0v) is 19.7. The molecule has 0 aromatic heterocycles. The van der Waals surface area contributed by atoms with E-state index in [4.69, 9.17) is 9.47 Å². The van der Waals surface area contributed by atoms with Gasteiger partial charge in [0.2, 0.25) is 0 Å². The van der Waals surface area contributed by atoms with Crippen LogP contribution in [0.3, 0.4) is 0 Å². The van der Waals surface area contributed by atoms with Gasteiger partial charge in [-0.3, -0.25) is 4.90 Å². The van der Waals surface area contributed by atoms with Crippen LogP contribution in [0.5, 0.6) is 5.75 Å². The average Bonchev–Trinajstić information content (AvgIpc) is 2.83. The van der Waals surface area contributed by atoms with Crippen molar-refractivity contribution in [2.24, 2.45) is 0 Å². The van der Waals surface area contributed by atoms with Crippen molar-refractivity contribution in [1.82, 2.24) is 4.90 Å². The summed E-state index contributed by atoms with van der Waals surface area (Å²) in [6.07, 6.45) is 2.74. The molecule has 0 radical (unpaired) electrons. The van der Waals surface area contributed by atoms with Crippen molar-refractivity contribution in [1.29, 1.82) is 0 Å². The molecular formula is C26H35FN2O3. The standard InChI is InChI=1S/C26H35FN2O3/c1-5-26(12-14-31-15-13-26)21-16-22(27)18-24(17-21)32-19-20-8-10-23(11-9-20)28(4)25(30)29(6-2)7-3/h8-11,16-18H,5-7,12-15,19H2,1-4H3. The Morgan fingerprint density at radius 1 is 1.06 bits per heavy atom. The minimum absolute atomic E-state index is 0.0238. The molecular weight excluding hydrogens is 407 g/mol. The fourth-order valence-corrected chi connectivity index (χ4v) is 4.36. The maximum absolute atomic E-state index is 14.4. The molecule has 0 atom stereocenters. The highest BCUT2D eigenvalue weighted by Crippen LogP contribution is 2.39. The minimum atomic E-state index is -0.274. The van der Waals surface area contributed by atoms with E-state index in [2.05, 4.69) is 6.92 Å². The summed E-state index contributed by atoms with van der Waals surface area (Å²) in [5.41, 5.74) is 2.72. The van der Waals surface area contributed by atoms with Gasteiger partial charge in [-0.25, -0.2) is 9.18 Å². The normalized spacial score (nSPS) is 15.3. The summed E-state index contributed by atoms with van der Waals surface area (Å²) in [7, 11) is 1.78. The van der Waals surface area contributed by atoms with Gasteiger partial charge in [0.15, 0.2) is 0 Å². The van der Waals surface area contributed by atoms with E-state index in [1.54, 1.807) is 22.9 Å². The minimum Gasteiger partial charge on any atom is -0.489 e. The molecule has 0 aliphatic carbocycles. The van der Waals surface area contributed by atoms with E-state index in [1.165, 1.54) is 6.07 Å². The van der Waals surface area contributed by atoms with Gasteiger partial charge in [-0.1, -0.05) is 19.1 Å². The van der Waals surface area contributed by atoms with E-state index in [0.717, 1.165) is 36.1 Å². The van der Waals surface area contributed by atoms with Crippen LogP contribution in [0.15, 0.2) is 42.5 Å². The van der Waals surface area contributed by atoms with Crippen LogP contribution in [0.2, 0.25) is 0 Å². The molecule has 6 heteroatoms. The van der Waals surface area contributed by atoms with Crippen molar-refractivity contribution in [3.63, 3.8) is 0 Å². The van der Waals surface area contributed by atoms with Crippen molar-refractivity contribution in [2.45, 2.75) is 52.1 Å². The Morgan fingerprint density at radius 3 is 2.31 bits per heavy atom. The summed E-state index contributed by atoms with van der Waals surface area (Å²) in [6.45, 7) is 9.19. The van der Waals surface area contributed by atoms with Gasteiger partial charge >= 0.3 is 6.03 Å². The van der Waals surface area contributed by atoms with Gasteiger partial charge in [-0.15, -0.1) is 0 Å². The number of anilines is 1. The van der Waals surface area contributed by atoms with E-state index in [0.29, 0.717) is 38.7 Å². The Hall–Kier alpha value is -2.60. The predicted molar refractivity (Wildman–Crippen MR) is 126 cm³/mol. The first-order valence-electron chi connectivity index (χ1n) is 11.6. The van der Waals surface area contributed by atoms with Crippen molar-refractivity contribution in [3.05, 3.63) is 59.4 Å². The summed E-state index contributed by atoms with van der Waals surface area (Å²) in [5.74, 6) is 0.265. The van der Waals surface area contributed by atoms with Gasteiger partial charge in [-0.05, 0) is 73.9 Å². The van der Waals surface area contributed by atoms with Crippen LogP contribution in [-0.2, 0) is 16.8 Å². The van der Waals surface area contributed by atoms with Crippen LogP contribution in [0, 0.1) is 5.82 Å². The largest absolute Gasteiger partial charge is 0.489 e. The lowest BCUT2D eigenvalue weighted by Gasteiger charge is -2.37. The average molecular weight is 443 g/mol. The number of urea groups is 1. The Labute approximate surface area is 191 Å². The predicted octanol–water partition coefficient (Wildman–Crippen LogP) is 5.76. The van der Waals surface area contributed by atoms with Gasteiger partial charge in [0, 0.05) is 45.1 Å². The lowest BCUT2D eigenvalue weighted by atomic mass is 9.72. The number of carbonyl (C=O) groups is 1. The van der Waals surface area contributed by atoms with Crippen molar-refractivity contribution in [3.8, 4) is 5.75 Å². The second-order valence-electron chi connectivity index (χ2n) is 8.39. The summed E-state index contributed by atoms with van der Waals surface area (Å²) in [6, 6.07) is 12.7. The lowest BCUT2D eigenvalue weighted by Crippen LogP contribution is -2.41. The maximum Gasteiger partial charge on any atom is 0.324 e. The van der Waals surface area contributed by atoms with Crippen LogP contribution in [0.1, 0.15) is 51.2 Å². The van der Waals surface area contributed by atoms with Gasteiger partial charge in [0.1, 0.15) is 18.2 Å². The topological polar surface area (TPSA) is 42.0 Å². The molecule has 0 bridgehead atoms. The molecule has 1 saturated heterocycles. The Morgan fingerprint density at radius 2 is 1.72 bits per heavy atom. The summed E-state index contributed by atoms with van der Waals surface area (Å²) in [4.78, 5) is 16.0. The first-order chi connectivity index (χ1) is 15.4. The molecule has 0 unspecified atom stereocenters. The van der Waals surface area contributed by atoms with Crippen molar-refractivity contribution >= 4 is 11.7 Å². The number of halogens is 1. The van der Waals surface area contributed by atoms with E-state index in [9.17, 15) is 9.18 Å². The fraction of sp³-hybridized carbons (Fsp3) is 0.500. The van der Waals surface area contributed by atoms with Crippen molar-refractivity contribution < 1.29 is 18.7 Å². The molecule has 2 aromatic rings. The zero-order chi connectivity index (χ0) is 23.1. The molecule has 1 heterocycles. The maximum atomic E-state index is 14.4. The van der Waals surface area contributed by atoms with E-state index >= 15 is 0 Å². The number of hydrogen-bond donors (Lipinski definition) is 0. The quantitative estimate of drug-likeness (QED) is 0.522. The summed E-state index contributed by atoms with van der Waals surface area (Å²) >= 11 is 0. The zero-order valence-electron chi connectivity index (χ0n) is 19.7. The Bertz CT molecular complexity index is 890. The molecule has 0 spiro atoms. The summed E-state index contributed by atoms with van der Waals surface area (Å²) in [5, 5.41) is 0. The van der Waals surface area contributed by atoms with Crippen LogP contribution < -0.4 is 9.64 Å². The smallest absolute Gasteiger partial charge is 0.324 e. The van der Waals surface area contributed by atoms with Crippen molar-refractivity contribution in [2.75, 3.05) is 38.3 Å². The SMILES string of the molecule is CCN(CC)C(=O)N(C)c1ccc(COc2cc(F)cc(C3(CC)CCOCC3)c2)cc1. The number of hydrogen-bond acceptors (Lipinski definition) is 3. The summed E-state index contributed by atoms with van der Waals surface area (Å²) < 4.78 is 25.9. The fourth-order valence-electron chi connectivity index (χ4n) is 4.36. The molecule has 32 heavy (non-hydrogen) atoms. The molecule has 1 aliphatic heterocycles. The molecule has 2 amide bonds. The van der Waals surface area contributed by atoms with Gasteiger partial charge < -0.3 is 14.4 Å². The third kappa shape index (κ3) is 5.41.